The summed E-state index contributed by atoms with van der Waals surface area (Å²) >= 11 is 14.9. The summed E-state index contributed by atoms with van der Waals surface area (Å²) in [5, 5.41) is 3.26. The Kier molecular flexibility index (Phi) is 5.83. The van der Waals surface area contributed by atoms with Crippen LogP contribution in [0.2, 0.25) is 10.0 Å². The lowest BCUT2D eigenvalue weighted by molar-refractivity contribution is -0.119. The molecule has 4 nitrogen and oxygen atoms in total. The Morgan fingerprint density at radius 3 is 2.36 bits per heavy atom. The van der Waals surface area contributed by atoms with E-state index in [9.17, 15) is 9.59 Å². The Bertz CT molecular complexity index is 701. The number of nitrogens with one attached hydrogen (secondary N) is 1. The van der Waals surface area contributed by atoms with Crippen LogP contribution in [0.15, 0.2) is 46.9 Å². The molecule has 0 fully saturated rings. The predicted octanol–water partition coefficient (Wildman–Crippen LogP) is 4.55. The van der Waals surface area contributed by atoms with Crippen molar-refractivity contribution in [1.82, 2.24) is 0 Å². The van der Waals surface area contributed by atoms with Crippen molar-refractivity contribution in [2.24, 2.45) is 0 Å². The molecular formula is C15H10BrCl2NO3. The predicted molar refractivity (Wildman–Crippen MR) is 89.5 cm³/mol. The first kappa shape index (κ1) is 16.8. The van der Waals surface area contributed by atoms with E-state index < -0.39 is 18.5 Å². The number of hydrogen-bond acceptors (Lipinski definition) is 3. The highest BCUT2D eigenvalue weighted by Crippen LogP contribution is 2.21. The number of anilines is 1. The maximum absolute atomic E-state index is 11.8. The fourth-order valence-corrected chi connectivity index (χ4v) is 2.54. The average Bonchev–Trinajstić information content (AvgIpc) is 2.46. The highest BCUT2D eigenvalue weighted by molar-refractivity contribution is 9.10. The molecule has 1 amide bonds. The number of amides is 1. The van der Waals surface area contributed by atoms with Crippen LogP contribution < -0.4 is 5.32 Å². The Morgan fingerprint density at radius 1 is 1.09 bits per heavy atom. The van der Waals surface area contributed by atoms with Crippen molar-refractivity contribution in [2.75, 3.05) is 11.9 Å². The van der Waals surface area contributed by atoms with E-state index >= 15 is 0 Å². The number of benzene rings is 2. The second kappa shape index (κ2) is 7.63. The van der Waals surface area contributed by atoms with Crippen LogP contribution in [-0.2, 0) is 9.53 Å². The minimum atomic E-state index is -0.674. The summed E-state index contributed by atoms with van der Waals surface area (Å²) in [6, 6.07) is 11.4. The second-order valence-electron chi connectivity index (χ2n) is 4.26. The number of halogens is 3. The molecule has 0 atom stereocenters. The normalized spacial score (nSPS) is 10.1. The molecular weight excluding hydrogens is 393 g/mol. The summed E-state index contributed by atoms with van der Waals surface area (Å²) in [5.74, 6) is -1.12. The summed E-state index contributed by atoms with van der Waals surface area (Å²) in [6.45, 7) is -0.412. The molecule has 0 aliphatic rings. The molecule has 22 heavy (non-hydrogen) atoms. The van der Waals surface area contributed by atoms with E-state index in [1.54, 1.807) is 18.2 Å². The molecule has 2 aromatic carbocycles. The van der Waals surface area contributed by atoms with Gasteiger partial charge in [0.2, 0.25) is 0 Å². The molecule has 0 spiro atoms. The van der Waals surface area contributed by atoms with Gasteiger partial charge in [0, 0.05) is 14.5 Å². The molecule has 0 saturated heterocycles. The van der Waals surface area contributed by atoms with E-state index in [0.29, 0.717) is 15.7 Å². The van der Waals surface area contributed by atoms with Gasteiger partial charge in [0.05, 0.1) is 11.3 Å². The number of carbonyl (C=O) groups excluding carboxylic acids is 2. The molecule has 0 unspecified atom stereocenters. The first-order chi connectivity index (χ1) is 10.5. The Balaban J connectivity index is 1.93. The number of hydrogen-bond donors (Lipinski definition) is 1. The zero-order valence-electron chi connectivity index (χ0n) is 11.1. The Hall–Kier alpha value is -1.56. The fourth-order valence-electron chi connectivity index (χ4n) is 1.63. The number of rotatable bonds is 4. The van der Waals surface area contributed by atoms with Gasteiger partial charge in [0.25, 0.3) is 5.91 Å². The molecule has 0 bridgehead atoms. The van der Waals surface area contributed by atoms with Gasteiger partial charge in [0.1, 0.15) is 0 Å². The smallest absolute Gasteiger partial charge is 0.338 e. The lowest BCUT2D eigenvalue weighted by atomic mass is 10.2. The van der Waals surface area contributed by atoms with E-state index in [2.05, 4.69) is 21.2 Å². The third-order valence-corrected chi connectivity index (χ3v) is 3.71. The van der Waals surface area contributed by atoms with Crippen LogP contribution in [-0.4, -0.2) is 18.5 Å². The maximum Gasteiger partial charge on any atom is 0.338 e. The van der Waals surface area contributed by atoms with Crippen molar-refractivity contribution in [3.8, 4) is 0 Å². The molecule has 0 saturated carbocycles. The molecule has 0 radical (unpaired) electrons. The van der Waals surface area contributed by atoms with Crippen LogP contribution in [0.25, 0.3) is 0 Å². The van der Waals surface area contributed by atoms with Gasteiger partial charge in [-0.05, 0) is 46.3 Å². The standard InChI is InChI=1S/C15H10BrCl2NO3/c16-12-3-1-2-4-13(12)19-14(20)8-22-15(21)9-5-10(17)7-11(18)6-9/h1-7H,8H2,(H,19,20). The minimum absolute atomic E-state index is 0.186. The fraction of sp³-hybridized carbons (Fsp3) is 0.0667. The Labute approximate surface area is 145 Å². The first-order valence-electron chi connectivity index (χ1n) is 6.13. The number of esters is 1. The first-order valence-corrected chi connectivity index (χ1v) is 7.68. The highest BCUT2D eigenvalue weighted by Gasteiger charge is 2.12. The van der Waals surface area contributed by atoms with E-state index in [0.717, 1.165) is 4.47 Å². The van der Waals surface area contributed by atoms with E-state index in [1.807, 2.05) is 6.07 Å². The minimum Gasteiger partial charge on any atom is -0.452 e. The van der Waals surface area contributed by atoms with Crippen LogP contribution in [0.5, 0.6) is 0 Å². The van der Waals surface area contributed by atoms with Gasteiger partial charge in [-0.3, -0.25) is 4.79 Å². The van der Waals surface area contributed by atoms with Crippen LogP contribution in [0, 0.1) is 0 Å². The van der Waals surface area contributed by atoms with Gasteiger partial charge < -0.3 is 10.1 Å². The van der Waals surface area contributed by atoms with Crippen LogP contribution in [0.3, 0.4) is 0 Å². The summed E-state index contributed by atoms with van der Waals surface area (Å²) in [4.78, 5) is 23.6. The lowest BCUT2D eigenvalue weighted by Crippen LogP contribution is -2.21. The third-order valence-electron chi connectivity index (χ3n) is 2.58. The quantitative estimate of drug-likeness (QED) is 0.763. The van der Waals surface area contributed by atoms with Gasteiger partial charge >= 0.3 is 5.97 Å². The second-order valence-corrected chi connectivity index (χ2v) is 5.99. The lowest BCUT2D eigenvalue weighted by Gasteiger charge is -2.08. The van der Waals surface area contributed by atoms with E-state index in [1.165, 1.54) is 18.2 Å². The van der Waals surface area contributed by atoms with Crippen LogP contribution >= 0.6 is 39.1 Å². The van der Waals surface area contributed by atoms with Gasteiger partial charge in [-0.15, -0.1) is 0 Å². The molecule has 0 heterocycles. The van der Waals surface area contributed by atoms with Crippen molar-refractivity contribution in [1.29, 1.82) is 0 Å². The molecule has 1 N–H and O–H groups in total. The summed E-state index contributed by atoms with van der Waals surface area (Å²) in [5.41, 5.74) is 0.778. The van der Waals surface area contributed by atoms with Crippen molar-refractivity contribution < 1.29 is 14.3 Å². The zero-order chi connectivity index (χ0) is 16.1. The van der Waals surface area contributed by atoms with Gasteiger partial charge in [0.15, 0.2) is 6.61 Å². The molecule has 0 aromatic heterocycles. The molecule has 2 aromatic rings. The van der Waals surface area contributed by atoms with Crippen molar-refractivity contribution in [2.45, 2.75) is 0 Å². The maximum atomic E-state index is 11.8. The molecule has 114 valence electrons. The van der Waals surface area contributed by atoms with Crippen molar-refractivity contribution >= 4 is 56.7 Å². The van der Waals surface area contributed by atoms with E-state index in [4.69, 9.17) is 27.9 Å². The van der Waals surface area contributed by atoms with E-state index in [-0.39, 0.29) is 5.56 Å². The zero-order valence-corrected chi connectivity index (χ0v) is 14.2. The summed E-state index contributed by atoms with van der Waals surface area (Å²) in [7, 11) is 0. The van der Waals surface area contributed by atoms with Gasteiger partial charge in [-0.25, -0.2) is 4.79 Å². The number of ether oxygens (including phenoxy) is 1. The third kappa shape index (κ3) is 4.73. The van der Waals surface area contributed by atoms with Crippen molar-refractivity contribution in [3.05, 3.63) is 62.5 Å². The highest BCUT2D eigenvalue weighted by atomic mass is 79.9. The monoisotopic (exact) mass is 401 g/mol. The average molecular weight is 403 g/mol. The SMILES string of the molecule is O=C(COC(=O)c1cc(Cl)cc(Cl)c1)Nc1ccccc1Br. The largest absolute Gasteiger partial charge is 0.452 e. The van der Waals surface area contributed by atoms with Gasteiger partial charge in [-0.2, -0.15) is 0 Å². The number of carbonyl (C=O) groups is 2. The Morgan fingerprint density at radius 2 is 1.73 bits per heavy atom. The summed E-state index contributed by atoms with van der Waals surface area (Å²) in [6.07, 6.45) is 0. The number of para-hydroxylation sites is 1. The molecule has 0 aliphatic carbocycles. The molecule has 2 rings (SSSR count). The summed E-state index contributed by atoms with van der Waals surface area (Å²) < 4.78 is 5.66. The molecule has 7 heteroatoms. The van der Waals surface area contributed by atoms with Crippen molar-refractivity contribution in [3.63, 3.8) is 0 Å². The topological polar surface area (TPSA) is 55.4 Å². The van der Waals surface area contributed by atoms with Gasteiger partial charge in [-0.1, -0.05) is 35.3 Å². The van der Waals surface area contributed by atoms with Crippen LogP contribution in [0.4, 0.5) is 5.69 Å². The molecule has 0 aliphatic heterocycles. The van der Waals surface area contributed by atoms with Crippen LogP contribution in [0.1, 0.15) is 10.4 Å².